The SMILES string of the molecule is Nc1cc(CC(=O)CSc2ccccc2Br)ccn1. The predicted molar refractivity (Wildman–Crippen MR) is 82.2 cm³/mol. The van der Waals surface area contributed by atoms with Gasteiger partial charge < -0.3 is 5.73 Å². The Kier molecular flexibility index (Phi) is 4.99. The number of nitrogens with two attached hydrogens (primary N) is 1. The topological polar surface area (TPSA) is 56.0 Å². The van der Waals surface area contributed by atoms with Crippen molar-refractivity contribution in [1.82, 2.24) is 4.98 Å². The number of rotatable bonds is 5. The van der Waals surface area contributed by atoms with Gasteiger partial charge in [-0.1, -0.05) is 12.1 Å². The van der Waals surface area contributed by atoms with Gasteiger partial charge in [-0.2, -0.15) is 0 Å². The van der Waals surface area contributed by atoms with Crippen molar-refractivity contribution < 1.29 is 4.79 Å². The highest BCUT2D eigenvalue weighted by Crippen LogP contribution is 2.27. The van der Waals surface area contributed by atoms with Gasteiger partial charge in [0, 0.05) is 22.0 Å². The highest BCUT2D eigenvalue weighted by Gasteiger charge is 2.07. The van der Waals surface area contributed by atoms with E-state index in [1.807, 2.05) is 30.3 Å². The zero-order valence-corrected chi connectivity index (χ0v) is 12.6. The van der Waals surface area contributed by atoms with Gasteiger partial charge in [0.2, 0.25) is 0 Å². The summed E-state index contributed by atoms with van der Waals surface area (Å²) in [5.74, 6) is 1.07. The summed E-state index contributed by atoms with van der Waals surface area (Å²) in [4.78, 5) is 16.9. The van der Waals surface area contributed by atoms with Crippen molar-refractivity contribution in [3.63, 3.8) is 0 Å². The summed E-state index contributed by atoms with van der Waals surface area (Å²) in [5.41, 5.74) is 6.49. The average Bonchev–Trinajstić information content (AvgIpc) is 2.38. The molecule has 0 aliphatic rings. The molecule has 0 aliphatic carbocycles. The van der Waals surface area contributed by atoms with E-state index >= 15 is 0 Å². The lowest BCUT2D eigenvalue weighted by molar-refractivity contribution is -0.116. The third kappa shape index (κ3) is 4.36. The molecule has 0 amide bonds. The molecule has 0 fully saturated rings. The van der Waals surface area contributed by atoms with Crippen molar-refractivity contribution in [3.05, 3.63) is 52.6 Å². The van der Waals surface area contributed by atoms with E-state index in [9.17, 15) is 4.79 Å². The van der Waals surface area contributed by atoms with Crippen LogP contribution in [0.3, 0.4) is 0 Å². The van der Waals surface area contributed by atoms with Crippen LogP contribution in [0, 0.1) is 0 Å². The maximum absolute atomic E-state index is 11.9. The lowest BCUT2D eigenvalue weighted by Crippen LogP contribution is -2.06. The number of carbonyl (C=O) groups excluding carboxylic acids is 1. The highest BCUT2D eigenvalue weighted by molar-refractivity contribution is 9.10. The third-order valence-corrected chi connectivity index (χ3v) is 4.56. The molecule has 2 aromatic rings. The van der Waals surface area contributed by atoms with Crippen molar-refractivity contribution in [2.45, 2.75) is 11.3 Å². The molecule has 0 spiro atoms. The van der Waals surface area contributed by atoms with Crippen LogP contribution in [0.15, 0.2) is 52.0 Å². The molecule has 0 radical (unpaired) electrons. The molecule has 0 aliphatic heterocycles. The molecular weight excluding hydrogens is 324 g/mol. The lowest BCUT2D eigenvalue weighted by Gasteiger charge is -2.04. The van der Waals surface area contributed by atoms with Gasteiger partial charge >= 0.3 is 0 Å². The molecule has 5 heteroatoms. The maximum atomic E-state index is 11.9. The summed E-state index contributed by atoms with van der Waals surface area (Å²) in [6.45, 7) is 0. The molecule has 1 heterocycles. The number of ketones is 1. The fourth-order valence-electron chi connectivity index (χ4n) is 1.60. The van der Waals surface area contributed by atoms with Gasteiger partial charge in [-0.3, -0.25) is 4.79 Å². The van der Waals surface area contributed by atoms with E-state index in [0.717, 1.165) is 14.9 Å². The Labute approximate surface area is 124 Å². The second kappa shape index (κ2) is 6.73. The number of aromatic nitrogens is 1. The summed E-state index contributed by atoms with van der Waals surface area (Å²) in [6.07, 6.45) is 2.02. The number of thioether (sulfide) groups is 1. The van der Waals surface area contributed by atoms with Crippen LogP contribution < -0.4 is 5.73 Å². The first-order valence-corrected chi connectivity index (χ1v) is 7.52. The van der Waals surface area contributed by atoms with E-state index in [4.69, 9.17) is 5.73 Å². The molecule has 2 rings (SSSR count). The van der Waals surface area contributed by atoms with E-state index < -0.39 is 0 Å². The molecule has 0 saturated carbocycles. The fourth-order valence-corrected chi connectivity index (χ4v) is 3.03. The maximum Gasteiger partial charge on any atom is 0.147 e. The van der Waals surface area contributed by atoms with Crippen LogP contribution >= 0.6 is 27.7 Å². The minimum atomic E-state index is 0.173. The first-order valence-electron chi connectivity index (χ1n) is 5.74. The second-order valence-electron chi connectivity index (χ2n) is 4.02. The van der Waals surface area contributed by atoms with E-state index in [1.165, 1.54) is 11.8 Å². The number of nitrogens with zero attached hydrogens (tertiary/aromatic N) is 1. The van der Waals surface area contributed by atoms with Crippen molar-refractivity contribution in [2.75, 3.05) is 11.5 Å². The van der Waals surface area contributed by atoms with Crippen LogP contribution in [0.25, 0.3) is 0 Å². The molecule has 19 heavy (non-hydrogen) atoms. The summed E-state index contributed by atoms with van der Waals surface area (Å²) in [5, 5.41) is 0. The van der Waals surface area contributed by atoms with Gasteiger partial charge in [0.15, 0.2) is 0 Å². The minimum absolute atomic E-state index is 0.173. The van der Waals surface area contributed by atoms with Crippen molar-refractivity contribution in [1.29, 1.82) is 0 Å². The molecular formula is C14H13BrN2OS. The summed E-state index contributed by atoms with van der Waals surface area (Å²) in [6, 6.07) is 11.4. The smallest absolute Gasteiger partial charge is 0.147 e. The standard InChI is InChI=1S/C14H13BrN2OS/c15-12-3-1-2-4-13(12)19-9-11(18)7-10-5-6-17-14(16)8-10/h1-6,8H,7,9H2,(H2,16,17). The second-order valence-corrected chi connectivity index (χ2v) is 5.90. The number of pyridine rings is 1. The largest absolute Gasteiger partial charge is 0.384 e. The normalized spacial score (nSPS) is 10.4. The van der Waals surface area contributed by atoms with Crippen molar-refractivity contribution >= 4 is 39.3 Å². The first kappa shape index (κ1) is 14.1. The van der Waals surface area contributed by atoms with E-state index in [2.05, 4.69) is 20.9 Å². The molecule has 0 bridgehead atoms. The van der Waals surface area contributed by atoms with Crippen LogP contribution in [-0.2, 0) is 11.2 Å². The van der Waals surface area contributed by atoms with Gasteiger partial charge in [0.05, 0.1) is 5.75 Å². The summed E-state index contributed by atoms with van der Waals surface area (Å²) in [7, 11) is 0. The number of hydrogen-bond donors (Lipinski definition) is 1. The Bertz CT molecular complexity index is 589. The van der Waals surface area contributed by atoms with Gasteiger partial charge in [0.1, 0.15) is 11.6 Å². The van der Waals surface area contributed by atoms with Gasteiger partial charge in [-0.25, -0.2) is 4.98 Å². The monoisotopic (exact) mass is 336 g/mol. The number of anilines is 1. The zero-order valence-electron chi connectivity index (χ0n) is 10.2. The Hall–Kier alpha value is -1.33. The van der Waals surface area contributed by atoms with Gasteiger partial charge in [0.25, 0.3) is 0 Å². The van der Waals surface area contributed by atoms with Crippen molar-refractivity contribution in [2.24, 2.45) is 0 Å². The predicted octanol–water partition coefficient (Wildman–Crippen LogP) is 3.33. The minimum Gasteiger partial charge on any atom is -0.384 e. The quantitative estimate of drug-likeness (QED) is 0.851. The third-order valence-electron chi connectivity index (χ3n) is 2.47. The average molecular weight is 337 g/mol. The lowest BCUT2D eigenvalue weighted by atomic mass is 10.1. The molecule has 3 nitrogen and oxygen atoms in total. The van der Waals surface area contributed by atoms with Crippen molar-refractivity contribution in [3.8, 4) is 0 Å². The number of carbonyl (C=O) groups is 1. The summed E-state index contributed by atoms with van der Waals surface area (Å²) >= 11 is 5.00. The fraction of sp³-hybridized carbons (Fsp3) is 0.143. The number of halogens is 1. The number of benzene rings is 1. The highest BCUT2D eigenvalue weighted by atomic mass is 79.9. The molecule has 0 saturated heterocycles. The van der Waals surface area contributed by atoms with Gasteiger partial charge in [-0.15, -0.1) is 11.8 Å². The van der Waals surface area contributed by atoms with E-state index in [-0.39, 0.29) is 5.78 Å². The first-order chi connectivity index (χ1) is 9.15. The molecule has 2 N–H and O–H groups in total. The van der Waals surface area contributed by atoms with E-state index in [0.29, 0.717) is 18.0 Å². The molecule has 0 unspecified atom stereocenters. The molecule has 1 aromatic carbocycles. The Balaban J connectivity index is 1.90. The van der Waals surface area contributed by atoms with Crippen LogP contribution in [0.2, 0.25) is 0 Å². The molecule has 98 valence electrons. The number of nitrogen functional groups attached to an aromatic ring is 1. The Morgan fingerprint density at radius 3 is 2.84 bits per heavy atom. The van der Waals surface area contributed by atoms with Crippen LogP contribution in [-0.4, -0.2) is 16.5 Å². The van der Waals surface area contributed by atoms with Crippen LogP contribution in [0.4, 0.5) is 5.82 Å². The number of hydrogen-bond acceptors (Lipinski definition) is 4. The molecule has 1 aromatic heterocycles. The Morgan fingerprint density at radius 1 is 1.32 bits per heavy atom. The van der Waals surface area contributed by atoms with Crippen LogP contribution in [0.5, 0.6) is 0 Å². The van der Waals surface area contributed by atoms with Gasteiger partial charge in [-0.05, 0) is 45.8 Å². The van der Waals surface area contributed by atoms with E-state index in [1.54, 1.807) is 12.3 Å². The zero-order chi connectivity index (χ0) is 13.7. The Morgan fingerprint density at radius 2 is 2.11 bits per heavy atom. The molecule has 0 atom stereocenters. The van der Waals surface area contributed by atoms with Crippen LogP contribution in [0.1, 0.15) is 5.56 Å². The summed E-state index contributed by atoms with van der Waals surface area (Å²) < 4.78 is 1.01. The number of Topliss-reactive ketones (excluding diaryl/α,β-unsaturated/α-hetero) is 1.